The zero-order chi connectivity index (χ0) is 12.3. The molecule has 1 atom stereocenters. The molecule has 0 saturated heterocycles. The summed E-state index contributed by atoms with van der Waals surface area (Å²) in [5.41, 5.74) is 1.09. The first kappa shape index (κ1) is 12.7. The van der Waals surface area contributed by atoms with Crippen LogP contribution >= 0.6 is 23.1 Å². The van der Waals surface area contributed by atoms with Crippen molar-refractivity contribution in [3.05, 3.63) is 17.3 Å². The Labute approximate surface area is 109 Å². The van der Waals surface area contributed by atoms with E-state index in [2.05, 4.69) is 27.9 Å². The van der Waals surface area contributed by atoms with Gasteiger partial charge in [0.25, 0.3) is 0 Å². The number of hydrogen-bond donors (Lipinski definition) is 1. The molecular weight excluding hydrogens is 254 g/mol. The second-order valence-corrected chi connectivity index (χ2v) is 5.64. The van der Waals surface area contributed by atoms with Crippen molar-refractivity contribution in [1.29, 1.82) is 0 Å². The highest BCUT2D eigenvalue weighted by atomic mass is 32.2. The van der Waals surface area contributed by atoms with Gasteiger partial charge in [-0.15, -0.1) is 11.3 Å². The molecule has 0 aromatic carbocycles. The minimum atomic E-state index is 0.485. The topological polar surface area (TPSA) is 38.6 Å². The molecule has 0 saturated carbocycles. The molecule has 2 aromatic rings. The van der Waals surface area contributed by atoms with Crippen molar-refractivity contribution < 1.29 is 4.74 Å². The third kappa shape index (κ3) is 2.75. The summed E-state index contributed by atoms with van der Waals surface area (Å²) in [6.07, 6.45) is 4.15. The molecule has 2 rings (SSSR count). The van der Waals surface area contributed by atoms with E-state index >= 15 is 0 Å². The Morgan fingerprint density at radius 3 is 3.18 bits per heavy atom. The molecule has 6 heteroatoms. The first-order valence-corrected chi connectivity index (χ1v) is 7.74. The lowest BCUT2D eigenvalue weighted by Crippen LogP contribution is -2.28. The van der Waals surface area contributed by atoms with E-state index in [1.165, 1.54) is 0 Å². The quantitative estimate of drug-likeness (QED) is 0.874. The number of nitrogens with zero attached hydrogens (tertiary/aromatic N) is 2. The molecule has 2 heterocycles. The van der Waals surface area contributed by atoms with Crippen molar-refractivity contribution in [2.45, 2.75) is 19.5 Å². The monoisotopic (exact) mass is 271 g/mol. The number of thioether (sulfide) groups is 1. The average Bonchev–Trinajstić information content (AvgIpc) is 2.86. The van der Waals surface area contributed by atoms with Gasteiger partial charge in [-0.3, -0.25) is 4.40 Å². The summed E-state index contributed by atoms with van der Waals surface area (Å²) in [5, 5.41) is 5.52. The Kier molecular flexibility index (Phi) is 4.31. The maximum Gasteiger partial charge on any atom is 0.237 e. The minimum absolute atomic E-state index is 0.485. The summed E-state index contributed by atoms with van der Waals surface area (Å²) < 4.78 is 7.40. The molecule has 0 radical (unpaired) electrons. The Hall–Kier alpha value is -0.720. The van der Waals surface area contributed by atoms with Crippen molar-refractivity contribution in [1.82, 2.24) is 14.7 Å². The van der Waals surface area contributed by atoms with Crippen LogP contribution in [-0.4, -0.2) is 34.5 Å². The van der Waals surface area contributed by atoms with E-state index in [0.717, 1.165) is 28.8 Å². The highest BCUT2D eigenvalue weighted by Gasteiger charge is 2.13. The Balaban J connectivity index is 2.13. The molecule has 0 aliphatic heterocycles. The number of methoxy groups -OCH3 is 1. The summed E-state index contributed by atoms with van der Waals surface area (Å²) >= 11 is 3.47. The maximum atomic E-state index is 5.31. The molecule has 2 aromatic heterocycles. The Morgan fingerprint density at radius 1 is 1.65 bits per heavy atom. The van der Waals surface area contributed by atoms with Gasteiger partial charge < -0.3 is 10.1 Å². The fraction of sp³-hybridized carbons (Fsp3) is 0.545. The van der Waals surface area contributed by atoms with Crippen LogP contribution in [0.3, 0.4) is 0 Å². The molecule has 1 unspecified atom stereocenters. The lowest BCUT2D eigenvalue weighted by molar-refractivity contribution is 0.391. The van der Waals surface area contributed by atoms with Gasteiger partial charge in [0.1, 0.15) is 5.69 Å². The van der Waals surface area contributed by atoms with Gasteiger partial charge >= 0.3 is 0 Å². The van der Waals surface area contributed by atoms with Gasteiger partial charge in [0.05, 0.1) is 7.11 Å². The molecule has 0 aliphatic carbocycles. The molecular formula is C11H17N3OS2. The Bertz CT molecular complexity index is 480. The smallest absolute Gasteiger partial charge is 0.237 e. The van der Waals surface area contributed by atoms with Crippen molar-refractivity contribution in [2.24, 2.45) is 0 Å². The van der Waals surface area contributed by atoms with Gasteiger partial charge in [-0.05, 0) is 13.2 Å². The van der Waals surface area contributed by atoms with Crippen LogP contribution in [0.25, 0.3) is 4.96 Å². The number of fused-ring (bicyclic) bond motifs is 1. The van der Waals surface area contributed by atoms with Crippen molar-refractivity contribution in [3.8, 4) is 5.88 Å². The predicted molar refractivity (Wildman–Crippen MR) is 74.3 cm³/mol. The molecule has 0 fully saturated rings. The predicted octanol–water partition coefficient (Wildman–Crippen LogP) is 2.25. The molecule has 0 aliphatic rings. The molecule has 4 nitrogen and oxygen atoms in total. The lowest BCUT2D eigenvalue weighted by atomic mass is 10.3. The van der Waals surface area contributed by atoms with Crippen LogP contribution in [0.15, 0.2) is 11.6 Å². The van der Waals surface area contributed by atoms with E-state index in [1.54, 1.807) is 18.4 Å². The molecule has 94 valence electrons. The number of thiazole rings is 1. The van der Waals surface area contributed by atoms with E-state index in [1.807, 2.05) is 23.3 Å². The molecule has 17 heavy (non-hydrogen) atoms. The van der Waals surface area contributed by atoms with Gasteiger partial charge in [-0.25, -0.2) is 0 Å². The second-order valence-electron chi connectivity index (χ2n) is 3.86. The SMILES string of the molecule is COc1nc2sccn2c1CNC(C)CSC. The number of nitrogens with one attached hydrogen (secondary N) is 1. The van der Waals surface area contributed by atoms with Gasteiger partial charge in [-0.2, -0.15) is 16.7 Å². The molecule has 1 N–H and O–H groups in total. The molecule has 0 spiro atoms. The van der Waals surface area contributed by atoms with E-state index in [9.17, 15) is 0 Å². The third-order valence-corrected chi connectivity index (χ3v) is 4.14. The third-order valence-electron chi connectivity index (χ3n) is 2.55. The van der Waals surface area contributed by atoms with Crippen molar-refractivity contribution >= 4 is 28.1 Å². The standard InChI is InChI=1S/C11H17N3OS2/c1-8(7-16-3)12-6-9-10(15-2)13-11-14(9)4-5-17-11/h4-5,8,12H,6-7H2,1-3H3. The van der Waals surface area contributed by atoms with E-state index in [0.29, 0.717) is 6.04 Å². The number of aromatic nitrogens is 2. The fourth-order valence-electron chi connectivity index (χ4n) is 1.72. The van der Waals surface area contributed by atoms with Crippen LogP contribution in [0, 0.1) is 0 Å². The summed E-state index contributed by atoms with van der Waals surface area (Å²) in [6.45, 7) is 2.97. The number of imidazole rings is 1. The van der Waals surface area contributed by atoms with Gasteiger partial charge in [-0.1, -0.05) is 0 Å². The van der Waals surface area contributed by atoms with Gasteiger partial charge in [0, 0.05) is 29.9 Å². The van der Waals surface area contributed by atoms with Crippen LogP contribution in [0.5, 0.6) is 5.88 Å². The van der Waals surface area contributed by atoms with Crippen LogP contribution in [0.1, 0.15) is 12.6 Å². The van der Waals surface area contributed by atoms with Gasteiger partial charge in [0.15, 0.2) is 4.96 Å². The largest absolute Gasteiger partial charge is 0.480 e. The van der Waals surface area contributed by atoms with Crippen LogP contribution in [-0.2, 0) is 6.54 Å². The highest BCUT2D eigenvalue weighted by molar-refractivity contribution is 7.98. The summed E-state index contributed by atoms with van der Waals surface area (Å²) in [5.74, 6) is 1.83. The first-order valence-electron chi connectivity index (χ1n) is 5.47. The van der Waals surface area contributed by atoms with E-state index in [-0.39, 0.29) is 0 Å². The zero-order valence-corrected chi connectivity index (χ0v) is 11.9. The number of rotatable bonds is 6. The van der Waals surface area contributed by atoms with Crippen LogP contribution in [0.2, 0.25) is 0 Å². The average molecular weight is 271 g/mol. The van der Waals surface area contributed by atoms with E-state index < -0.39 is 0 Å². The molecule has 0 amide bonds. The number of hydrogen-bond acceptors (Lipinski definition) is 5. The van der Waals surface area contributed by atoms with Crippen molar-refractivity contribution in [3.63, 3.8) is 0 Å². The van der Waals surface area contributed by atoms with Crippen LogP contribution in [0.4, 0.5) is 0 Å². The summed E-state index contributed by atoms with van der Waals surface area (Å²) in [6, 6.07) is 0.485. The van der Waals surface area contributed by atoms with Crippen LogP contribution < -0.4 is 10.1 Å². The normalized spacial score (nSPS) is 13.1. The second kappa shape index (κ2) is 5.75. The number of ether oxygens (including phenoxy) is 1. The summed E-state index contributed by atoms with van der Waals surface area (Å²) in [7, 11) is 1.67. The van der Waals surface area contributed by atoms with Gasteiger partial charge in [0.2, 0.25) is 5.88 Å². The Morgan fingerprint density at radius 2 is 2.47 bits per heavy atom. The zero-order valence-electron chi connectivity index (χ0n) is 10.3. The maximum absolute atomic E-state index is 5.31. The minimum Gasteiger partial charge on any atom is -0.480 e. The first-order chi connectivity index (χ1) is 8.26. The molecule has 0 bridgehead atoms. The fourth-order valence-corrected chi connectivity index (χ4v) is 3.06. The van der Waals surface area contributed by atoms with Crippen molar-refractivity contribution in [2.75, 3.05) is 19.1 Å². The van der Waals surface area contributed by atoms with E-state index in [4.69, 9.17) is 4.74 Å². The lowest BCUT2D eigenvalue weighted by Gasteiger charge is -2.12. The summed E-state index contributed by atoms with van der Waals surface area (Å²) in [4.78, 5) is 5.41. The highest BCUT2D eigenvalue weighted by Crippen LogP contribution is 2.22.